The van der Waals surface area contributed by atoms with E-state index in [0.29, 0.717) is 22.1 Å². The van der Waals surface area contributed by atoms with Gasteiger partial charge >= 0.3 is 0 Å². The third-order valence-corrected chi connectivity index (χ3v) is 4.44. The average molecular weight is 393 g/mol. The first-order valence-electron chi connectivity index (χ1n) is 8.42. The smallest absolute Gasteiger partial charge is 0.257 e. The van der Waals surface area contributed by atoms with Crippen LogP contribution in [0.15, 0.2) is 73.2 Å². The molecule has 0 saturated heterocycles. The molecule has 0 aliphatic carbocycles. The molecule has 0 atom stereocenters. The van der Waals surface area contributed by atoms with Gasteiger partial charge in [0.15, 0.2) is 0 Å². The van der Waals surface area contributed by atoms with Gasteiger partial charge in [-0.25, -0.2) is 9.37 Å². The van der Waals surface area contributed by atoms with E-state index in [-0.39, 0.29) is 5.56 Å². The summed E-state index contributed by atoms with van der Waals surface area (Å²) >= 11 is 6.33. The van der Waals surface area contributed by atoms with Crippen molar-refractivity contribution < 1.29 is 9.18 Å². The van der Waals surface area contributed by atoms with E-state index >= 15 is 0 Å². The molecule has 0 saturated carbocycles. The second-order valence-electron chi connectivity index (χ2n) is 6.05. The number of imidazole rings is 1. The summed E-state index contributed by atoms with van der Waals surface area (Å²) in [7, 11) is 0. The third-order valence-electron chi connectivity index (χ3n) is 4.11. The first-order chi connectivity index (χ1) is 13.6. The largest absolute Gasteiger partial charge is 0.338 e. The van der Waals surface area contributed by atoms with E-state index < -0.39 is 11.7 Å². The lowest BCUT2D eigenvalue weighted by molar-refractivity contribution is 0.102. The molecule has 5 nitrogen and oxygen atoms in total. The number of nitrogens with one attached hydrogen (secondary N) is 2. The van der Waals surface area contributed by atoms with E-state index in [4.69, 9.17) is 11.6 Å². The van der Waals surface area contributed by atoms with Gasteiger partial charge in [-0.1, -0.05) is 41.9 Å². The lowest BCUT2D eigenvalue weighted by Gasteiger charge is -2.08. The number of hydrogen-bond acceptors (Lipinski definition) is 3. The fourth-order valence-electron chi connectivity index (χ4n) is 2.75. The maximum Gasteiger partial charge on any atom is 0.257 e. The van der Waals surface area contributed by atoms with E-state index in [1.54, 1.807) is 24.4 Å². The fourth-order valence-corrected chi connectivity index (χ4v) is 2.95. The molecular formula is C21H14ClFN4O. The quantitative estimate of drug-likeness (QED) is 0.502. The zero-order valence-electron chi connectivity index (χ0n) is 14.5. The van der Waals surface area contributed by atoms with Crippen molar-refractivity contribution >= 4 is 23.2 Å². The molecule has 4 rings (SSSR count). The van der Waals surface area contributed by atoms with Crippen LogP contribution in [0, 0.1) is 5.82 Å². The predicted molar refractivity (Wildman–Crippen MR) is 107 cm³/mol. The van der Waals surface area contributed by atoms with Gasteiger partial charge in [-0.3, -0.25) is 9.78 Å². The summed E-state index contributed by atoms with van der Waals surface area (Å²) in [6.07, 6.45) is 4.07. The number of hydrogen-bond donors (Lipinski definition) is 2. The van der Waals surface area contributed by atoms with Crippen LogP contribution in [0.3, 0.4) is 0 Å². The summed E-state index contributed by atoms with van der Waals surface area (Å²) in [6.45, 7) is 0. The molecule has 0 spiro atoms. The number of benzene rings is 2. The van der Waals surface area contributed by atoms with Crippen molar-refractivity contribution in [1.82, 2.24) is 15.0 Å². The van der Waals surface area contributed by atoms with Crippen molar-refractivity contribution in [3.8, 4) is 22.6 Å². The minimum absolute atomic E-state index is 0.126. The van der Waals surface area contributed by atoms with E-state index in [9.17, 15) is 9.18 Å². The van der Waals surface area contributed by atoms with Gasteiger partial charge in [-0.2, -0.15) is 0 Å². The number of H-pyrrole nitrogens is 1. The summed E-state index contributed by atoms with van der Waals surface area (Å²) in [5.41, 5.74) is 3.12. The Bertz CT molecular complexity index is 1140. The number of aromatic nitrogens is 3. The van der Waals surface area contributed by atoms with Crippen LogP contribution in [0.5, 0.6) is 0 Å². The Labute approximate surface area is 165 Å². The molecule has 0 aliphatic rings. The maximum absolute atomic E-state index is 13.3. The molecule has 7 heteroatoms. The fraction of sp³-hybridized carbons (Fsp3) is 0. The van der Waals surface area contributed by atoms with Crippen LogP contribution in [0.25, 0.3) is 22.6 Å². The van der Waals surface area contributed by atoms with Gasteiger partial charge in [0.2, 0.25) is 0 Å². The molecule has 0 bridgehead atoms. The number of aromatic amines is 1. The van der Waals surface area contributed by atoms with E-state index in [2.05, 4.69) is 20.3 Å². The highest BCUT2D eigenvalue weighted by molar-refractivity contribution is 6.33. The van der Waals surface area contributed by atoms with E-state index in [1.807, 2.05) is 30.3 Å². The summed E-state index contributed by atoms with van der Waals surface area (Å²) < 4.78 is 13.3. The Morgan fingerprint density at radius 2 is 1.86 bits per heavy atom. The first kappa shape index (κ1) is 17.9. The van der Waals surface area contributed by atoms with Crippen molar-refractivity contribution in [1.29, 1.82) is 0 Å². The van der Waals surface area contributed by atoms with Crippen LogP contribution in [0.4, 0.5) is 10.1 Å². The lowest BCUT2D eigenvalue weighted by atomic mass is 10.1. The molecule has 0 radical (unpaired) electrons. The van der Waals surface area contributed by atoms with Crippen LogP contribution in [-0.2, 0) is 0 Å². The molecule has 138 valence electrons. The molecule has 2 heterocycles. The maximum atomic E-state index is 13.3. The van der Waals surface area contributed by atoms with E-state index in [1.165, 1.54) is 6.20 Å². The molecule has 0 fully saturated rings. The number of rotatable bonds is 4. The minimum atomic E-state index is -0.575. The molecule has 0 unspecified atom stereocenters. The van der Waals surface area contributed by atoms with Gasteiger partial charge in [0.25, 0.3) is 5.91 Å². The van der Waals surface area contributed by atoms with Crippen LogP contribution in [0.2, 0.25) is 5.02 Å². The van der Waals surface area contributed by atoms with Crippen molar-refractivity contribution in [2.75, 3.05) is 5.32 Å². The topological polar surface area (TPSA) is 70.7 Å². The Hall–Kier alpha value is -3.51. The number of carbonyl (C=O) groups excluding carboxylic acids is 1. The van der Waals surface area contributed by atoms with Crippen LogP contribution in [0.1, 0.15) is 10.4 Å². The summed E-state index contributed by atoms with van der Waals surface area (Å²) in [5, 5.41) is 3.20. The standard InChI is InChI=1S/C21H14ClFN4O/c22-18-7-6-16(26-21(28)14-8-15(23)11-24-10-14)9-17(18)20-25-12-19(27-20)13-4-2-1-3-5-13/h1-12H,(H,25,27)(H,26,28). The average Bonchev–Trinajstić information content (AvgIpc) is 3.20. The lowest BCUT2D eigenvalue weighted by Crippen LogP contribution is -2.12. The molecule has 2 N–H and O–H groups in total. The summed E-state index contributed by atoms with van der Waals surface area (Å²) in [4.78, 5) is 23.6. The predicted octanol–water partition coefficient (Wildman–Crippen LogP) is 5.18. The van der Waals surface area contributed by atoms with Crippen molar-refractivity contribution in [2.45, 2.75) is 0 Å². The second-order valence-corrected chi connectivity index (χ2v) is 6.46. The number of amides is 1. The number of halogens is 2. The van der Waals surface area contributed by atoms with Crippen LogP contribution >= 0.6 is 11.6 Å². The molecule has 0 aliphatic heterocycles. The van der Waals surface area contributed by atoms with Gasteiger partial charge in [-0.05, 0) is 29.8 Å². The molecule has 2 aromatic heterocycles. The van der Waals surface area contributed by atoms with Gasteiger partial charge in [0.1, 0.15) is 11.6 Å². The Balaban J connectivity index is 1.61. The van der Waals surface area contributed by atoms with Crippen molar-refractivity contribution in [3.63, 3.8) is 0 Å². The highest BCUT2D eigenvalue weighted by atomic mass is 35.5. The monoisotopic (exact) mass is 392 g/mol. The Morgan fingerprint density at radius 1 is 1.04 bits per heavy atom. The second kappa shape index (κ2) is 7.62. The molecule has 4 aromatic rings. The number of nitrogens with zero attached hydrogens (tertiary/aromatic N) is 2. The molecule has 1 amide bonds. The SMILES string of the molecule is O=C(Nc1ccc(Cl)c(-c2ncc(-c3ccccc3)[nH]2)c1)c1cncc(F)c1. The van der Waals surface area contributed by atoms with Crippen molar-refractivity contribution in [2.24, 2.45) is 0 Å². The first-order valence-corrected chi connectivity index (χ1v) is 8.80. The summed E-state index contributed by atoms with van der Waals surface area (Å²) in [5.74, 6) is -0.467. The molecular weight excluding hydrogens is 379 g/mol. The van der Waals surface area contributed by atoms with Gasteiger partial charge in [0.05, 0.1) is 28.7 Å². The number of anilines is 1. The molecule has 28 heavy (non-hydrogen) atoms. The van der Waals surface area contributed by atoms with Gasteiger partial charge in [0, 0.05) is 17.4 Å². The van der Waals surface area contributed by atoms with Gasteiger partial charge < -0.3 is 10.3 Å². The Morgan fingerprint density at radius 3 is 2.64 bits per heavy atom. The minimum Gasteiger partial charge on any atom is -0.338 e. The molecule has 2 aromatic carbocycles. The zero-order valence-corrected chi connectivity index (χ0v) is 15.2. The third kappa shape index (κ3) is 3.77. The highest BCUT2D eigenvalue weighted by Gasteiger charge is 2.12. The van der Waals surface area contributed by atoms with Crippen LogP contribution < -0.4 is 5.32 Å². The Kier molecular flexibility index (Phi) is 4.87. The normalized spacial score (nSPS) is 10.6. The highest BCUT2D eigenvalue weighted by Crippen LogP contribution is 2.30. The number of carbonyl (C=O) groups is 1. The summed E-state index contributed by atoms with van der Waals surface area (Å²) in [6, 6.07) is 15.9. The van der Waals surface area contributed by atoms with Crippen LogP contribution in [-0.4, -0.2) is 20.9 Å². The van der Waals surface area contributed by atoms with Crippen molar-refractivity contribution in [3.05, 3.63) is 89.6 Å². The van der Waals surface area contributed by atoms with Gasteiger partial charge in [-0.15, -0.1) is 0 Å². The zero-order chi connectivity index (χ0) is 19.5. The van der Waals surface area contributed by atoms with E-state index in [0.717, 1.165) is 23.5 Å². The number of pyridine rings is 1.